The first-order chi connectivity index (χ1) is 6.66. The van der Waals surface area contributed by atoms with E-state index in [0.29, 0.717) is 11.4 Å². The molecule has 0 spiro atoms. The smallest absolute Gasteiger partial charge is 0.220 e. The molecule has 1 fully saturated rings. The molecule has 1 N–H and O–H groups in total. The Hall–Kier alpha value is -0.540. The maximum Gasteiger partial charge on any atom is 0.220 e. The SMILES string of the molecule is O=C1CCC(c2ccc(Br)cc2Cl)N1. The molecular formula is C10H9BrClNO. The second-order valence-electron chi connectivity index (χ2n) is 3.32. The molecule has 0 aromatic heterocycles. The Morgan fingerprint density at radius 2 is 2.29 bits per heavy atom. The number of carbonyl (C=O) groups is 1. The third kappa shape index (κ3) is 1.93. The summed E-state index contributed by atoms with van der Waals surface area (Å²) in [4.78, 5) is 11.0. The maximum atomic E-state index is 11.0. The fraction of sp³-hybridized carbons (Fsp3) is 0.300. The zero-order valence-corrected chi connectivity index (χ0v) is 9.73. The van der Waals surface area contributed by atoms with Crippen molar-refractivity contribution in [2.24, 2.45) is 0 Å². The number of halogens is 2. The van der Waals surface area contributed by atoms with Crippen LogP contribution in [0.2, 0.25) is 5.02 Å². The lowest BCUT2D eigenvalue weighted by atomic mass is 10.1. The van der Waals surface area contributed by atoms with Crippen LogP contribution < -0.4 is 5.32 Å². The van der Waals surface area contributed by atoms with E-state index in [4.69, 9.17) is 11.6 Å². The van der Waals surface area contributed by atoms with Crippen LogP contribution in [0.15, 0.2) is 22.7 Å². The van der Waals surface area contributed by atoms with Gasteiger partial charge in [0.25, 0.3) is 0 Å². The van der Waals surface area contributed by atoms with Gasteiger partial charge in [-0.15, -0.1) is 0 Å². The van der Waals surface area contributed by atoms with Gasteiger partial charge in [0, 0.05) is 15.9 Å². The van der Waals surface area contributed by atoms with Crippen LogP contribution in [0.1, 0.15) is 24.4 Å². The van der Waals surface area contributed by atoms with E-state index in [1.54, 1.807) is 0 Å². The maximum absolute atomic E-state index is 11.0. The Balaban J connectivity index is 2.28. The van der Waals surface area contributed by atoms with Gasteiger partial charge < -0.3 is 5.32 Å². The van der Waals surface area contributed by atoms with Crippen molar-refractivity contribution in [1.82, 2.24) is 5.32 Å². The van der Waals surface area contributed by atoms with Crippen molar-refractivity contribution >= 4 is 33.4 Å². The second kappa shape index (κ2) is 3.91. The van der Waals surface area contributed by atoms with Crippen LogP contribution in [0.4, 0.5) is 0 Å². The summed E-state index contributed by atoms with van der Waals surface area (Å²) < 4.78 is 0.954. The quantitative estimate of drug-likeness (QED) is 0.838. The molecule has 2 nitrogen and oxygen atoms in total. The van der Waals surface area contributed by atoms with Gasteiger partial charge in [-0.25, -0.2) is 0 Å². The zero-order valence-electron chi connectivity index (χ0n) is 7.39. The highest BCUT2D eigenvalue weighted by molar-refractivity contribution is 9.10. The van der Waals surface area contributed by atoms with E-state index in [1.807, 2.05) is 18.2 Å². The first-order valence-electron chi connectivity index (χ1n) is 4.41. The zero-order chi connectivity index (χ0) is 10.1. The average Bonchev–Trinajstić information content (AvgIpc) is 2.51. The topological polar surface area (TPSA) is 29.1 Å². The van der Waals surface area contributed by atoms with E-state index >= 15 is 0 Å². The first-order valence-corrected chi connectivity index (χ1v) is 5.58. The summed E-state index contributed by atoms with van der Waals surface area (Å²) >= 11 is 9.42. The van der Waals surface area contributed by atoms with Crippen molar-refractivity contribution in [2.45, 2.75) is 18.9 Å². The number of nitrogens with one attached hydrogen (secondary N) is 1. The van der Waals surface area contributed by atoms with Gasteiger partial charge in [0.2, 0.25) is 5.91 Å². The van der Waals surface area contributed by atoms with Gasteiger partial charge in [-0.05, 0) is 24.1 Å². The molecule has 0 aliphatic carbocycles. The Labute approximate surface area is 95.8 Å². The van der Waals surface area contributed by atoms with Gasteiger partial charge in [-0.3, -0.25) is 4.79 Å². The summed E-state index contributed by atoms with van der Waals surface area (Å²) in [6.07, 6.45) is 1.43. The summed E-state index contributed by atoms with van der Waals surface area (Å²) in [5, 5.41) is 3.59. The van der Waals surface area contributed by atoms with E-state index in [9.17, 15) is 4.79 Å². The van der Waals surface area contributed by atoms with Crippen molar-refractivity contribution in [3.05, 3.63) is 33.3 Å². The normalized spacial score (nSPS) is 21.0. The molecule has 1 aliphatic rings. The van der Waals surface area contributed by atoms with Crippen LogP contribution >= 0.6 is 27.5 Å². The highest BCUT2D eigenvalue weighted by atomic mass is 79.9. The number of amides is 1. The third-order valence-corrected chi connectivity index (χ3v) is 3.15. The Morgan fingerprint density at radius 3 is 2.86 bits per heavy atom. The molecule has 1 aliphatic heterocycles. The lowest BCUT2D eigenvalue weighted by Gasteiger charge is -2.12. The van der Waals surface area contributed by atoms with Crippen LogP contribution in [0.3, 0.4) is 0 Å². The van der Waals surface area contributed by atoms with Crippen molar-refractivity contribution in [1.29, 1.82) is 0 Å². The van der Waals surface area contributed by atoms with E-state index in [0.717, 1.165) is 16.5 Å². The van der Waals surface area contributed by atoms with Gasteiger partial charge in [-0.2, -0.15) is 0 Å². The molecule has 1 unspecified atom stereocenters. The lowest BCUT2D eigenvalue weighted by molar-refractivity contribution is -0.119. The van der Waals surface area contributed by atoms with Gasteiger partial charge in [0.05, 0.1) is 6.04 Å². The van der Waals surface area contributed by atoms with Gasteiger partial charge in [-0.1, -0.05) is 33.6 Å². The number of hydrogen-bond donors (Lipinski definition) is 1. The molecule has 0 radical (unpaired) electrons. The highest BCUT2D eigenvalue weighted by Crippen LogP contribution is 2.31. The predicted octanol–water partition coefficient (Wildman–Crippen LogP) is 3.05. The fourth-order valence-electron chi connectivity index (χ4n) is 1.63. The minimum atomic E-state index is 0.0862. The van der Waals surface area contributed by atoms with Crippen molar-refractivity contribution in [3.63, 3.8) is 0 Å². The molecule has 0 saturated carbocycles. The standard InChI is InChI=1S/C10H9BrClNO/c11-6-1-2-7(8(12)5-6)9-3-4-10(14)13-9/h1-2,5,9H,3-4H2,(H,13,14). The summed E-state index contributed by atoms with van der Waals surface area (Å²) in [5.74, 6) is 0.106. The molecule has 0 bridgehead atoms. The molecule has 2 rings (SSSR count). The molecule has 1 heterocycles. The van der Waals surface area contributed by atoms with E-state index in [2.05, 4.69) is 21.2 Å². The molecular weight excluding hydrogens is 265 g/mol. The fourth-order valence-corrected chi connectivity index (χ4v) is 2.44. The van der Waals surface area contributed by atoms with Gasteiger partial charge >= 0.3 is 0 Å². The van der Waals surface area contributed by atoms with Crippen molar-refractivity contribution < 1.29 is 4.79 Å². The van der Waals surface area contributed by atoms with Crippen LogP contribution in [0, 0.1) is 0 Å². The minimum absolute atomic E-state index is 0.0862. The number of rotatable bonds is 1. The summed E-state index contributed by atoms with van der Waals surface area (Å²) in [6, 6.07) is 5.82. The highest BCUT2D eigenvalue weighted by Gasteiger charge is 2.23. The van der Waals surface area contributed by atoms with Crippen LogP contribution in [0.25, 0.3) is 0 Å². The number of benzene rings is 1. The molecule has 1 saturated heterocycles. The molecule has 1 atom stereocenters. The van der Waals surface area contributed by atoms with E-state index < -0.39 is 0 Å². The molecule has 1 amide bonds. The van der Waals surface area contributed by atoms with E-state index in [-0.39, 0.29) is 11.9 Å². The minimum Gasteiger partial charge on any atom is -0.349 e. The molecule has 1 aromatic carbocycles. The first kappa shape index (κ1) is 9.99. The Kier molecular flexibility index (Phi) is 2.79. The largest absolute Gasteiger partial charge is 0.349 e. The van der Waals surface area contributed by atoms with Crippen LogP contribution in [-0.4, -0.2) is 5.91 Å². The number of hydrogen-bond acceptors (Lipinski definition) is 1. The monoisotopic (exact) mass is 273 g/mol. The summed E-state index contributed by atoms with van der Waals surface area (Å²) in [6.45, 7) is 0. The molecule has 14 heavy (non-hydrogen) atoms. The average molecular weight is 275 g/mol. The summed E-state index contributed by atoms with van der Waals surface area (Å²) in [5.41, 5.74) is 1.00. The van der Waals surface area contributed by atoms with Crippen molar-refractivity contribution in [2.75, 3.05) is 0 Å². The van der Waals surface area contributed by atoms with E-state index in [1.165, 1.54) is 0 Å². The second-order valence-corrected chi connectivity index (χ2v) is 4.65. The summed E-state index contributed by atoms with van der Waals surface area (Å²) in [7, 11) is 0. The van der Waals surface area contributed by atoms with Gasteiger partial charge in [0.15, 0.2) is 0 Å². The molecule has 4 heteroatoms. The van der Waals surface area contributed by atoms with Crippen LogP contribution in [0.5, 0.6) is 0 Å². The number of carbonyl (C=O) groups excluding carboxylic acids is 1. The third-order valence-electron chi connectivity index (χ3n) is 2.33. The molecule has 74 valence electrons. The Bertz CT molecular complexity index is 380. The predicted molar refractivity (Wildman–Crippen MR) is 59.3 cm³/mol. The van der Waals surface area contributed by atoms with Crippen molar-refractivity contribution in [3.8, 4) is 0 Å². The lowest BCUT2D eigenvalue weighted by Crippen LogP contribution is -2.18. The molecule has 1 aromatic rings. The van der Waals surface area contributed by atoms with Crippen LogP contribution in [-0.2, 0) is 4.79 Å². The Morgan fingerprint density at radius 1 is 1.50 bits per heavy atom. The van der Waals surface area contributed by atoms with Gasteiger partial charge in [0.1, 0.15) is 0 Å².